The molecule has 112 valence electrons. The van der Waals surface area contributed by atoms with Crippen molar-refractivity contribution >= 4 is 49.6 Å². The van der Waals surface area contributed by atoms with Gasteiger partial charge in [-0.05, 0) is 22.0 Å². The Hall–Kier alpha value is -0.800. The van der Waals surface area contributed by atoms with E-state index in [0.717, 1.165) is 22.4 Å². The van der Waals surface area contributed by atoms with Crippen molar-refractivity contribution in [3.05, 3.63) is 32.4 Å². The Morgan fingerprint density at radius 3 is 2.86 bits per heavy atom. The van der Waals surface area contributed by atoms with Crippen molar-refractivity contribution in [1.82, 2.24) is 9.88 Å². The third-order valence-electron chi connectivity index (χ3n) is 3.18. The monoisotopic (exact) mass is 387 g/mol. The number of aromatic nitrogens is 1. The highest BCUT2D eigenvalue weighted by Crippen LogP contribution is 2.31. The Morgan fingerprint density at radius 1 is 1.43 bits per heavy atom. The fraction of sp³-hybridized carbons (Fsp3) is 0.385. The van der Waals surface area contributed by atoms with Crippen LogP contribution >= 0.6 is 38.6 Å². The van der Waals surface area contributed by atoms with E-state index in [-0.39, 0.29) is 11.9 Å². The number of thiophene rings is 1. The first-order chi connectivity index (χ1) is 10.2. The van der Waals surface area contributed by atoms with Crippen molar-refractivity contribution in [3.63, 3.8) is 0 Å². The van der Waals surface area contributed by atoms with E-state index in [4.69, 9.17) is 4.74 Å². The summed E-state index contributed by atoms with van der Waals surface area (Å²) in [5, 5.41) is 7.39. The summed E-state index contributed by atoms with van der Waals surface area (Å²) in [6.07, 6.45) is 1.69. The molecule has 0 spiro atoms. The molecule has 2 aromatic heterocycles. The number of anilines is 1. The van der Waals surface area contributed by atoms with Gasteiger partial charge in [-0.2, -0.15) is 0 Å². The summed E-state index contributed by atoms with van der Waals surface area (Å²) >= 11 is 6.47. The predicted molar refractivity (Wildman–Crippen MR) is 87.9 cm³/mol. The van der Waals surface area contributed by atoms with Crippen molar-refractivity contribution in [2.45, 2.75) is 6.04 Å². The standard InChI is InChI=1S/C13H14BrN3O2S2/c14-9-7-10(21-8-9)11(17-2-4-19-5-3-17)12(18)16-13-15-1-6-20-13/h1,6-8,11H,2-5H2,(H,15,16,18)/t11-/m0/s1. The highest BCUT2D eigenvalue weighted by Gasteiger charge is 2.30. The first kappa shape index (κ1) is 15.1. The number of carbonyl (C=O) groups excluding carboxylic acids is 1. The molecule has 0 radical (unpaired) electrons. The number of nitrogens with one attached hydrogen (secondary N) is 1. The Labute approximate surface area is 139 Å². The van der Waals surface area contributed by atoms with Crippen LogP contribution in [0.5, 0.6) is 0 Å². The molecular weight excluding hydrogens is 374 g/mol. The van der Waals surface area contributed by atoms with E-state index in [1.54, 1.807) is 17.5 Å². The van der Waals surface area contributed by atoms with Crippen LogP contribution in [0, 0.1) is 0 Å². The number of carbonyl (C=O) groups is 1. The van der Waals surface area contributed by atoms with Crippen LogP contribution in [0.25, 0.3) is 0 Å². The van der Waals surface area contributed by atoms with Crippen LogP contribution in [0.3, 0.4) is 0 Å². The van der Waals surface area contributed by atoms with Gasteiger partial charge in [-0.1, -0.05) is 0 Å². The van der Waals surface area contributed by atoms with Crippen LogP contribution in [0.2, 0.25) is 0 Å². The molecule has 1 N–H and O–H groups in total. The highest BCUT2D eigenvalue weighted by atomic mass is 79.9. The van der Waals surface area contributed by atoms with E-state index in [1.165, 1.54) is 11.3 Å². The van der Waals surface area contributed by atoms with Crippen molar-refractivity contribution < 1.29 is 9.53 Å². The Kier molecular flexibility index (Phi) is 5.02. The Bertz CT molecular complexity index is 596. The number of halogens is 1. The topological polar surface area (TPSA) is 54.5 Å². The lowest BCUT2D eigenvalue weighted by molar-refractivity contribution is -0.123. The Morgan fingerprint density at radius 2 is 2.24 bits per heavy atom. The lowest BCUT2D eigenvalue weighted by atomic mass is 10.1. The van der Waals surface area contributed by atoms with E-state index in [1.807, 2.05) is 16.8 Å². The average molecular weight is 388 g/mol. The molecule has 21 heavy (non-hydrogen) atoms. The molecular formula is C13H14BrN3O2S2. The minimum atomic E-state index is -0.297. The fourth-order valence-electron chi connectivity index (χ4n) is 2.24. The van der Waals surface area contributed by atoms with E-state index < -0.39 is 0 Å². The molecule has 1 aliphatic heterocycles. The first-order valence-electron chi connectivity index (χ1n) is 6.50. The van der Waals surface area contributed by atoms with E-state index >= 15 is 0 Å². The zero-order valence-electron chi connectivity index (χ0n) is 11.1. The third kappa shape index (κ3) is 3.70. The molecule has 5 nitrogen and oxygen atoms in total. The van der Waals surface area contributed by atoms with Gasteiger partial charge in [0.25, 0.3) is 0 Å². The Balaban J connectivity index is 1.82. The molecule has 0 aliphatic carbocycles. The van der Waals surface area contributed by atoms with Crippen molar-refractivity contribution in [2.24, 2.45) is 0 Å². The highest BCUT2D eigenvalue weighted by molar-refractivity contribution is 9.10. The van der Waals surface area contributed by atoms with Crippen molar-refractivity contribution in [2.75, 3.05) is 31.6 Å². The van der Waals surface area contributed by atoms with Gasteiger partial charge in [-0.25, -0.2) is 4.98 Å². The maximum absolute atomic E-state index is 12.7. The molecule has 0 aromatic carbocycles. The largest absolute Gasteiger partial charge is 0.379 e. The zero-order chi connectivity index (χ0) is 14.7. The summed E-state index contributed by atoms with van der Waals surface area (Å²) < 4.78 is 6.39. The number of rotatable bonds is 4. The van der Waals surface area contributed by atoms with Crippen LogP contribution in [0.15, 0.2) is 27.5 Å². The second-order valence-electron chi connectivity index (χ2n) is 4.54. The molecule has 2 aromatic rings. The maximum atomic E-state index is 12.7. The number of amides is 1. The molecule has 0 saturated carbocycles. The molecule has 0 bridgehead atoms. The van der Waals surface area contributed by atoms with Crippen LogP contribution < -0.4 is 5.32 Å². The number of morpholine rings is 1. The van der Waals surface area contributed by atoms with Gasteiger partial charge in [0, 0.05) is 39.4 Å². The number of nitrogens with zero attached hydrogens (tertiary/aromatic N) is 2. The van der Waals surface area contributed by atoms with Crippen LogP contribution in [-0.4, -0.2) is 42.1 Å². The van der Waals surface area contributed by atoms with Crippen molar-refractivity contribution in [3.8, 4) is 0 Å². The summed E-state index contributed by atoms with van der Waals surface area (Å²) in [5.41, 5.74) is 0. The predicted octanol–water partition coefficient (Wildman–Crippen LogP) is 2.98. The normalized spacial score (nSPS) is 17.6. The minimum Gasteiger partial charge on any atom is -0.379 e. The quantitative estimate of drug-likeness (QED) is 0.875. The molecule has 1 atom stereocenters. The van der Waals surface area contributed by atoms with Crippen LogP contribution in [-0.2, 0) is 9.53 Å². The van der Waals surface area contributed by atoms with Gasteiger partial charge in [-0.3, -0.25) is 9.69 Å². The second kappa shape index (κ2) is 6.97. The maximum Gasteiger partial charge on any atom is 0.248 e. The van der Waals surface area contributed by atoms with Crippen molar-refractivity contribution in [1.29, 1.82) is 0 Å². The van der Waals surface area contributed by atoms with Gasteiger partial charge >= 0.3 is 0 Å². The van der Waals surface area contributed by atoms with Gasteiger partial charge in [0.2, 0.25) is 5.91 Å². The van der Waals surface area contributed by atoms with E-state index in [2.05, 4.69) is 31.1 Å². The molecule has 1 amide bonds. The smallest absolute Gasteiger partial charge is 0.248 e. The molecule has 1 fully saturated rings. The molecule has 3 heterocycles. The summed E-state index contributed by atoms with van der Waals surface area (Å²) in [6.45, 7) is 2.83. The lowest BCUT2D eigenvalue weighted by Gasteiger charge is -2.32. The summed E-state index contributed by atoms with van der Waals surface area (Å²) in [7, 11) is 0. The zero-order valence-corrected chi connectivity index (χ0v) is 14.3. The fourth-order valence-corrected chi connectivity index (χ4v) is 4.35. The minimum absolute atomic E-state index is 0.0406. The second-order valence-corrected chi connectivity index (χ2v) is 7.30. The summed E-state index contributed by atoms with van der Waals surface area (Å²) in [4.78, 5) is 20.0. The van der Waals surface area contributed by atoms with E-state index in [9.17, 15) is 4.79 Å². The summed E-state index contributed by atoms with van der Waals surface area (Å²) in [6, 6.07) is 1.71. The molecule has 1 saturated heterocycles. The van der Waals surface area contributed by atoms with Crippen LogP contribution in [0.1, 0.15) is 10.9 Å². The van der Waals surface area contributed by atoms with Gasteiger partial charge in [0.1, 0.15) is 6.04 Å². The average Bonchev–Trinajstić information content (AvgIpc) is 3.13. The van der Waals surface area contributed by atoms with E-state index in [0.29, 0.717) is 18.3 Å². The number of thiazole rings is 1. The molecule has 3 rings (SSSR count). The van der Waals surface area contributed by atoms with Gasteiger partial charge in [-0.15, -0.1) is 22.7 Å². The number of hydrogen-bond donors (Lipinski definition) is 1. The number of ether oxygens (including phenoxy) is 1. The SMILES string of the molecule is O=C(Nc1nccs1)[C@H](c1cc(Br)cs1)N1CCOCC1. The first-order valence-corrected chi connectivity index (χ1v) is 9.05. The van der Waals surface area contributed by atoms with Gasteiger partial charge in [0.15, 0.2) is 5.13 Å². The van der Waals surface area contributed by atoms with Gasteiger partial charge < -0.3 is 10.1 Å². The molecule has 8 heteroatoms. The molecule has 1 aliphatic rings. The third-order valence-corrected chi connectivity index (χ3v) is 5.61. The summed E-state index contributed by atoms with van der Waals surface area (Å²) in [5.74, 6) is -0.0406. The number of hydrogen-bond acceptors (Lipinski definition) is 6. The van der Waals surface area contributed by atoms with Gasteiger partial charge in [0.05, 0.1) is 13.2 Å². The molecule has 0 unspecified atom stereocenters. The van der Waals surface area contributed by atoms with Crippen LogP contribution in [0.4, 0.5) is 5.13 Å². The lowest BCUT2D eigenvalue weighted by Crippen LogP contribution is -2.43.